The van der Waals surface area contributed by atoms with Crippen LogP contribution in [-0.2, 0) is 10.0 Å². The Morgan fingerprint density at radius 1 is 1.03 bits per heavy atom. The van der Waals surface area contributed by atoms with Crippen molar-refractivity contribution in [3.05, 3.63) is 59.1 Å². The normalized spacial score (nSPS) is 11.5. The average Bonchev–Trinajstić information content (AvgIpc) is 3.26. The van der Waals surface area contributed by atoms with Gasteiger partial charge in [-0.05, 0) is 43.3 Å². The van der Waals surface area contributed by atoms with Crippen molar-refractivity contribution < 1.29 is 22.6 Å². The Hall–Kier alpha value is -3.22. The second kappa shape index (κ2) is 10.4. The minimum absolute atomic E-state index is 0.0294. The lowest BCUT2D eigenvalue weighted by molar-refractivity contribution is 0.305. The van der Waals surface area contributed by atoms with Crippen LogP contribution in [0.3, 0.4) is 0 Å². The van der Waals surface area contributed by atoms with Crippen molar-refractivity contribution in [1.82, 2.24) is 24.5 Å². The molecule has 0 fully saturated rings. The quantitative estimate of drug-likeness (QED) is 0.300. The molecule has 0 spiro atoms. The molecule has 12 heteroatoms. The van der Waals surface area contributed by atoms with Crippen LogP contribution in [-0.4, -0.2) is 55.1 Å². The van der Waals surface area contributed by atoms with Crippen LogP contribution in [0.25, 0.3) is 17.0 Å². The smallest absolute Gasteiger partial charge is 0.244 e. The average molecular weight is 548 g/mol. The van der Waals surface area contributed by atoms with Crippen LogP contribution in [0.5, 0.6) is 17.4 Å². The Bertz CT molecular complexity index is 1410. The Morgan fingerprint density at radius 3 is 2.65 bits per heavy atom. The van der Waals surface area contributed by atoms with Gasteiger partial charge >= 0.3 is 0 Å². The number of halogens is 1. The van der Waals surface area contributed by atoms with E-state index in [-0.39, 0.29) is 23.8 Å². The molecule has 0 unspecified atom stereocenters. The van der Waals surface area contributed by atoms with Gasteiger partial charge in [0.05, 0.1) is 19.3 Å². The number of ether oxygens (including phenoxy) is 3. The molecule has 0 saturated heterocycles. The number of hydrogen-bond acceptors (Lipinski definition) is 8. The molecule has 1 N–H and O–H groups in total. The third-order valence-corrected chi connectivity index (χ3v) is 6.70. The largest absolute Gasteiger partial charge is 0.496 e. The fourth-order valence-electron chi connectivity index (χ4n) is 3.22. The molecular weight excluding hydrogens is 526 g/mol. The van der Waals surface area contributed by atoms with Crippen molar-refractivity contribution in [2.45, 2.75) is 11.8 Å². The zero-order chi connectivity index (χ0) is 24.1. The van der Waals surface area contributed by atoms with E-state index in [1.807, 2.05) is 24.3 Å². The molecule has 0 atom stereocenters. The zero-order valence-corrected chi connectivity index (χ0v) is 20.8. The number of sulfonamides is 1. The standard InChI is InChI=1S/C22H22BrN5O5S/c1-3-32-18-9-8-15(23)14-19(18)34(29,30)24-12-13-33-21-11-10-20-25-26-22(28(20)27-21)16-6-4-5-7-17(16)31-2/h4-11,14,24H,3,12-13H2,1-2H3. The van der Waals surface area contributed by atoms with Crippen LogP contribution in [0.1, 0.15) is 6.92 Å². The summed E-state index contributed by atoms with van der Waals surface area (Å²) in [6, 6.07) is 15.6. The Morgan fingerprint density at radius 2 is 1.85 bits per heavy atom. The highest BCUT2D eigenvalue weighted by Crippen LogP contribution is 2.29. The lowest BCUT2D eigenvalue weighted by atomic mass is 10.2. The van der Waals surface area contributed by atoms with E-state index in [1.54, 1.807) is 42.8 Å². The van der Waals surface area contributed by atoms with Gasteiger partial charge in [-0.15, -0.1) is 15.3 Å². The highest BCUT2D eigenvalue weighted by Gasteiger charge is 2.20. The number of fused-ring (bicyclic) bond motifs is 1. The van der Waals surface area contributed by atoms with Gasteiger partial charge in [-0.25, -0.2) is 13.1 Å². The molecule has 0 radical (unpaired) electrons. The first-order valence-electron chi connectivity index (χ1n) is 10.3. The highest BCUT2D eigenvalue weighted by molar-refractivity contribution is 9.10. The van der Waals surface area contributed by atoms with E-state index in [9.17, 15) is 8.42 Å². The summed E-state index contributed by atoms with van der Waals surface area (Å²) in [5, 5.41) is 12.8. The van der Waals surface area contributed by atoms with Gasteiger partial charge in [0, 0.05) is 17.1 Å². The first-order chi connectivity index (χ1) is 16.4. The molecule has 178 valence electrons. The number of rotatable bonds is 10. The molecule has 0 aliphatic heterocycles. The number of hydrogen-bond donors (Lipinski definition) is 1. The van der Waals surface area contributed by atoms with Crippen LogP contribution in [0.2, 0.25) is 0 Å². The highest BCUT2D eigenvalue weighted by atomic mass is 79.9. The van der Waals surface area contributed by atoms with E-state index in [0.29, 0.717) is 34.2 Å². The maximum absolute atomic E-state index is 12.8. The summed E-state index contributed by atoms with van der Waals surface area (Å²) in [4.78, 5) is 0.0502. The Balaban J connectivity index is 1.46. The third kappa shape index (κ3) is 5.13. The number of nitrogens with zero attached hydrogens (tertiary/aromatic N) is 4. The molecule has 10 nitrogen and oxygen atoms in total. The summed E-state index contributed by atoms with van der Waals surface area (Å²) in [6.45, 7) is 2.23. The summed E-state index contributed by atoms with van der Waals surface area (Å²) < 4.78 is 46.8. The predicted molar refractivity (Wildman–Crippen MR) is 129 cm³/mol. The van der Waals surface area contributed by atoms with E-state index >= 15 is 0 Å². The lowest BCUT2D eigenvalue weighted by Crippen LogP contribution is -2.28. The minimum Gasteiger partial charge on any atom is -0.496 e. The van der Waals surface area contributed by atoms with Crippen LogP contribution in [0, 0.1) is 0 Å². The van der Waals surface area contributed by atoms with Crippen LogP contribution < -0.4 is 18.9 Å². The number of benzene rings is 2. The number of methoxy groups -OCH3 is 1. The van der Waals surface area contributed by atoms with E-state index in [2.05, 4.69) is 35.9 Å². The molecule has 2 aromatic carbocycles. The van der Waals surface area contributed by atoms with Crippen molar-refractivity contribution in [3.63, 3.8) is 0 Å². The SMILES string of the molecule is CCOc1ccc(Br)cc1S(=O)(=O)NCCOc1ccc2nnc(-c3ccccc3OC)n2n1. The van der Waals surface area contributed by atoms with Gasteiger partial charge in [0.15, 0.2) is 11.5 Å². The summed E-state index contributed by atoms with van der Waals surface area (Å²) in [5.41, 5.74) is 1.26. The molecule has 0 aliphatic rings. The van der Waals surface area contributed by atoms with Crippen LogP contribution in [0.4, 0.5) is 0 Å². The molecule has 34 heavy (non-hydrogen) atoms. The Kier molecular flexibility index (Phi) is 7.29. The Labute approximate surface area is 205 Å². The second-order valence-corrected chi connectivity index (χ2v) is 9.59. The molecule has 0 bridgehead atoms. The monoisotopic (exact) mass is 547 g/mol. The first-order valence-corrected chi connectivity index (χ1v) is 12.6. The van der Waals surface area contributed by atoms with Crippen LogP contribution >= 0.6 is 15.9 Å². The number of para-hydroxylation sites is 1. The van der Waals surface area contributed by atoms with E-state index in [1.165, 1.54) is 6.07 Å². The van der Waals surface area contributed by atoms with Crippen molar-refractivity contribution in [1.29, 1.82) is 0 Å². The minimum atomic E-state index is -3.81. The molecule has 0 aliphatic carbocycles. The molecule has 0 amide bonds. The van der Waals surface area contributed by atoms with Gasteiger partial charge < -0.3 is 14.2 Å². The zero-order valence-electron chi connectivity index (χ0n) is 18.4. The number of nitrogens with one attached hydrogen (secondary N) is 1. The van der Waals surface area contributed by atoms with Gasteiger partial charge in [-0.1, -0.05) is 28.1 Å². The fourth-order valence-corrected chi connectivity index (χ4v) is 4.92. The summed E-state index contributed by atoms with van der Waals surface area (Å²) >= 11 is 3.30. The maximum atomic E-state index is 12.8. The molecule has 4 rings (SSSR count). The second-order valence-electron chi connectivity index (χ2n) is 6.94. The van der Waals surface area contributed by atoms with E-state index < -0.39 is 10.0 Å². The molecular formula is C22H22BrN5O5S. The molecule has 2 aromatic heterocycles. The first kappa shape index (κ1) is 23.9. The van der Waals surface area contributed by atoms with Gasteiger partial charge in [-0.3, -0.25) is 0 Å². The summed E-state index contributed by atoms with van der Waals surface area (Å²) in [7, 11) is -2.23. The fraction of sp³-hybridized carbons (Fsp3) is 0.227. The summed E-state index contributed by atoms with van der Waals surface area (Å²) in [6.07, 6.45) is 0. The number of aromatic nitrogens is 4. The van der Waals surface area contributed by atoms with Crippen molar-refractivity contribution in [2.24, 2.45) is 0 Å². The lowest BCUT2D eigenvalue weighted by Gasteiger charge is -2.12. The van der Waals surface area contributed by atoms with E-state index in [4.69, 9.17) is 14.2 Å². The predicted octanol–water partition coefficient (Wildman–Crippen LogP) is 3.32. The molecule has 2 heterocycles. The van der Waals surface area contributed by atoms with Crippen molar-refractivity contribution in [3.8, 4) is 28.8 Å². The van der Waals surface area contributed by atoms with Gasteiger partial charge in [0.1, 0.15) is 23.0 Å². The molecule has 4 aromatic rings. The molecule has 0 saturated carbocycles. The van der Waals surface area contributed by atoms with Gasteiger partial charge in [0.2, 0.25) is 15.9 Å². The maximum Gasteiger partial charge on any atom is 0.244 e. The van der Waals surface area contributed by atoms with Gasteiger partial charge in [0.25, 0.3) is 0 Å². The third-order valence-electron chi connectivity index (χ3n) is 4.73. The summed E-state index contributed by atoms with van der Waals surface area (Å²) in [5.74, 6) is 1.71. The van der Waals surface area contributed by atoms with Gasteiger partial charge in [-0.2, -0.15) is 4.52 Å². The topological polar surface area (TPSA) is 117 Å². The van der Waals surface area contributed by atoms with Crippen LogP contribution in [0.15, 0.2) is 64.0 Å². The van der Waals surface area contributed by atoms with Crippen molar-refractivity contribution in [2.75, 3.05) is 26.9 Å². The van der Waals surface area contributed by atoms with E-state index in [0.717, 1.165) is 5.56 Å². The van der Waals surface area contributed by atoms with Crippen molar-refractivity contribution >= 4 is 31.6 Å².